The summed E-state index contributed by atoms with van der Waals surface area (Å²) in [4.78, 5) is 42.2. The molecule has 0 aliphatic carbocycles. The van der Waals surface area contributed by atoms with Crippen LogP contribution in [0.4, 0.5) is 11.4 Å². The lowest BCUT2D eigenvalue weighted by Gasteiger charge is -2.15. The zero-order valence-corrected chi connectivity index (χ0v) is 17.3. The number of non-ortho nitro benzene ring substituents is 1. The Morgan fingerprint density at radius 3 is 2.16 bits per heavy atom. The van der Waals surface area contributed by atoms with Crippen molar-refractivity contribution < 1.29 is 14.5 Å². The van der Waals surface area contributed by atoms with Crippen molar-refractivity contribution >= 4 is 28.8 Å². The fourth-order valence-electron chi connectivity index (χ4n) is 3.49. The number of amides is 2. The molecule has 32 heavy (non-hydrogen) atoms. The number of anilines is 1. The number of rotatable bonds is 7. The first kappa shape index (κ1) is 20.9. The van der Waals surface area contributed by atoms with E-state index in [0.29, 0.717) is 11.3 Å². The third-order valence-corrected chi connectivity index (χ3v) is 5.26. The van der Waals surface area contributed by atoms with Crippen LogP contribution in [-0.2, 0) is 22.6 Å². The second-order valence-corrected chi connectivity index (χ2v) is 7.28. The lowest BCUT2D eigenvalue weighted by molar-refractivity contribution is -0.384. The van der Waals surface area contributed by atoms with E-state index in [1.54, 1.807) is 24.5 Å². The highest BCUT2D eigenvalue weighted by molar-refractivity contribution is 6.36. The minimum Gasteiger partial charge on any atom is -0.350 e. The summed E-state index contributed by atoms with van der Waals surface area (Å²) < 4.78 is 0. The van der Waals surface area contributed by atoms with Gasteiger partial charge in [-0.15, -0.1) is 0 Å². The van der Waals surface area contributed by atoms with Gasteiger partial charge in [0.2, 0.25) is 0 Å². The Bertz CT molecular complexity index is 1200. The van der Waals surface area contributed by atoms with Crippen molar-refractivity contribution in [1.82, 2.24) is 9.88 Å². The largest absolute Gasteiger partial charge is 0.350 e. The zero-order chi connectivity index (χ0) is 22.7. The quantitative estimate of drug-likeness (QED) is 0.347. The monoisotopic (exact) mass is 428 g/mol. The molecule has 0 unspecified atom stereocenters. The van der Waals surface area contributed by atoms with Crippen LogP contribution in [0.25, 0.3) is 5.57 Å². The molecule has 8 nitrogen and oxygen atoms in total. The van der Waals surface area contributed by atoms with Gasteiger partial charge in [0.25, 0.3) is 17.5 Å². The molecule has 4 rings (SSSR count). The highest BCUT2D eigenvalue weighted by Crippen LogP contribution is 2.32. The zero-order valence-electron chi connectivity index (χ0n) is 17.3. The summed E-state index contributed by atoms with van der Waals surface area (Å²) in [7, 11) is 0. The van der Waals surface area contributed by atoms with Gasteiger partial charge >= 0.3 is 0 Å². The van der Waals surface area contributed by atoms with Crippen LogP contribution in [0.1, 0.15) is 23.6 Å². The van der Waals surface area contributed by atoms with E-state index in [-0.39, 0.29) is 23.5 Å². The van der Waals surface area contributed by atoms with Crippen molar-refractivity contribution in [3.8, 4) is 0 Å². The van der Waals surface area contributed by atoms with Crippen LogP contribution in [0.2, 0.25) is 0 Å². The molecule has 160 valence electrons. The average molecular weight is 428 g/mol. The van der Waals surface area contributed by atoms with E-state index < -0.39 is 16.7 Å². The number of nitrogens with zero attached hydrogens (tertiary/aromatic N) is 3. The molecule has 0 spiro atoms. The van der Waals surface area contributed by atoms with Crippen LogP contribution in [0.5, 0.6) is 0 Å². The molecule has 0 bridgehead atoms. The van der Waals surface area contributed by atoms with Crippen molar-refractivity contribution in [3.05, 3.63) is 106 Å². The van der Waals surface area contributed by atoms with Crippen molar-refractivity contribution in [2.45, 2.75) is 19.9 Å². The summed E-state index contributed by atoms with van der Waals surface area (Å²) in [6, 6.07) is 16.7. The number of nitrogens with one attached hydrogen (secondary N) is 1. The molecular formula is C24H20N4O4. The third-order valence-electron chi connectivity index (χ3n) is 5.26. The number of carbonyl (C=O) groups excluding carboxylic acids is 2. The average Bonchev–Trinajstić information content (AvgIpc) is 3.04. The number of nitro benzene ring substituents is 1. The van der Waals surface area contributed by atoms with Gasteiger partial charge < -0.3 is 5.32 Å². The number of imide groups is 1. The second kappa shape index (κ2) is 8.81. The Morgan fingerprint density at radius 1 is 0.906 bits per heavy atom. The summed E-state index contributed by atoms with van der Waals surface area (Å²) in [6.45, 7) is 2.14. The molecule has 0 fully saturated rings. The number of hydrogen-bond acceptors (Lipinski definition) is 6. The van der Waals surface area contributed by atoms with Gasteiger partial charge in [-0.3, -0.25) is 29.6 Å². The Hall–Kier alpha value is -4.33. The first-order chi connectivity index (χ1) is 15.5. The molecule has 2 amide bonds. The fourth-order valence-corrected chi connectivity index (χ4v) is 3.49. The lowest BCUT2D eigenvalue weighted by atomic mass is 10.0. The van der Waals surface area contributed by atoms with E-state index >= 15 is 0 Å². The molecule has 1 aromatic heterocycles. The van der Waals surface area contributed by atoms with Crippen LogP contribution in [0.15, 0.2) is 78.8 Å². The van der Waals surface area contributed by atoms with E-state index in [9.17, 15) is 19.7 Å². The van der Waals surface area contributed by atoms with Crippen LogP contribution in [0, 0.1) is 10.1 Å². The fraction of sp³-hybridized carbons (Fsp3) is 0.125. The summed E-state index contributed by atoms with van der Waals surface area (Å²) >= 11 is 0. The number of aryl methyl sites for hydroxylation is 1. The molecule has 0 atom stereocenters. The third kappa shape index (κ3) is 4.11. The number of pyridine rings is 1. The lowest BCUT2D eigenvalue weighted by Crippen LogP contribution is -2.32. The minimum atomic E-state index is -0.510. The van der Waals surface area contributed by atoms with Gasteiger partial charge in [-0.05, 0) is 59.5 Å². The van der Waals surface area contributed by atoms with E-state index in [4.69, 9.17) is 0 Å². The Morgan fingerprint density at radius 2 is 1.56 bits per heavy atom. The smallest absolute Gasteiger partial charge is 0.278 e. The maximum Gasteiger partial charge on any atom is 0.278 e. The second-order valence-electron chi connectivity index (χ2n) is 7.28. The summed E-state index contributed by atoms with van der Waals surface area (Å²) in [5.74, 6) is -0.923. The standard InChI is InChI=1S/C24H20N4O4/c1-2-16-3-7-19(8-4-16)26-22-21(18-5-9-20(10-6-18)28(31)32)23(29)27(24(22)30)15-17-11-13-25-14-12-17/h3-14,26H,2,15H2,1H3. The topological polar surface area (TPSA) is 105 Å². The molecule has 2 aromatic carbocycles. The SMILES string of the molecule is CCc1ccc(NC2=C(c3ccc([N+](=O)[O-])cc3)C(=O)N(Cc3ccncc3)C2=O)cc1. The molecule has 0 radical (unpaired) electrons. The molecule has 8 heteroatoms. The Balaban J connectivity index is 1.73. The van der Waals surface area contributed by atoms with Crippen LogP contribution in [0.3, 0.4) is 0 Å². The number of benzene rings is 2. The van der Waals surface area contributed by atoms with Crippen molar-refractivity contribution in [3.63, 3.8) is 0 Å². The van der Waals surface area contributed by atoms with Crippen molar-refractivity contribution in [1.29, 1.82) is 0 Å². The van der Waals surface area contributed by atoms with E-state index in [1.165, 1.54) is 24.3 Å². The van der Waals surface area contributed by atoms with Crippen LogP contribution < -0.4 is 5.32 Å². The molecule has 1 aliphatic rings. The van der Waals surface area contributed by atoms with Gasteiger partial charge in [-0.2, -0.15) is 0 Å². The van der Waals surface area contributed by atoms with Gasteiger partial charge in [0.1, 0.15) is 5.70 Å². The van der Waals surface area contributed by atoms with Crippen molar-refractivity contribution in [2.24, 2.45) is 0 Å². The predicted molar refractivity (Wildman–Crippen MR) is 119 cm³/mol. The predicted octanol–water partition coefficient (Wildman–Crippen LogP) is 3.94. The first-order valence-corrected chi connectivity index (χ1v) is 10.1. The maximum atomic E-state index is 13.3. The molecule has 3 aromatic rings. The number of carbonyl (C=O) groups is 2. The molecule has 0 saturated heterocycles. The van der Waals surface area contributed by atoms with Gasteiger partial charge in [-0.25, -0.2) is 0 Å². The van der Waals surface area contributed by atoms with Gasteiger partial charge in [0, 0.05) is 30.2 Å². The van der Waals surface area contributed by atoms with Gasteiger partial charge in [-0.1, -0.05) is 19.1 Å². The van der Waals surface area contributed by atoms with Gasteiger partial charge in [0.05, 0.1) is 17.0 Å². The van der Waals surface area contributed by atoms with Gasteiger partial charge in [0.15, 0.2) is 0 Å². The number of aromatic nitrogens is 1. The summed E-state index contributed by atoms with van der Waals surface area (Å²) in [5, 5.41) is 14.1. The minimum absolute atomic E-state index is 0.0931. The van der Waals surface area contributed by atoms with E-state index in [0.717, 1.165) is 22.4 Å². The van der Waals surface area contributed by atoms with Crippen LogP contribution >= 0.6 is 0 Å². The summed E-state index contributed by atoms with van der Waals surface area (Å²) in [6.07, 6.45) is 4.08. The number of hydrogen-bond donors (Lipinski definition) is 1. The van der Waals surface area contributed by atoms with Crippen molar-refractivity contribution in [2.75, 3.05) is 5.32 Å². The highest BCUT2D eigenvalue weighted by atomic mass is 16.6. The first-order valence-electron chi connectivity index (χ1n) is 10.1. The molecule has 0 saturated carbocycles. The summed E-state index contributed by atoms with van der Waals surface area (Å²) in [5.41, 5.74) is 3.24. The molecular weight excluding hydrogens is 408 g/mol. The van der Waals surface area contributed by atoms with Crippen LogP contribution in [-0.4, -0.2) is 26.6 Å². The molecule has 1 N–H and O–H groups in total. The van der Waals surface area contributed by atoms with E-state index in [1.807, 2.05) is 31.2 Å². The normalized spacial score (nSPS) is 13.6. The molecule has 1 aliphatic heterocycles. The highest BCUT2D eigenvalue weighted by Gasteiger charge is 2.39. The van der Waals surface area contributed by atoms with E-state index in [2.05, 4.69) is 10.3 Å². The maximum absolute atomic E-state index is 13.3. The molecule has 2 heterocycles. The Kier molecular flexibility index (Phi) is 5.76. The number of nitro groups is 1. The Labute approximate surface area is 184 Å².